The largest absolute Gasteiger partial charge is 0.399 e. The third-order valence-corrected chi connectivity index (χ3v) is 4.45. The lowest BCUT2D eigenvalue weighted by Crippen LogP contribution is -1.97. The molecule has 3 nitrogen and oxygen atoms in total. The van der Waals surface area contributed by atoms with Gasteiger partial charge in [-0.25, -0.2) is 13.8 Å². The standard InChI is InChI=1S/C15H11F2N3S/c16-11-5-10(19)6-12(17)14(11)21-15-9(7-18)4-8-2-1-3-13(8)20-15/h4-6H,1-3,19H2. The first-order valence-corrected chi connectivity index (χ1v) is 7.25. The van der Waals surface area contributed by atoms with Crippen LogP contribution in [0.3, 0.4) is 0 Å². The number of fused-ring (bicyclic) bond motifs is 1. The lowest BCUT2D eigenvalue weighted by atomic mass is 10.2. The van der Waals surface area contributed by atoms with Gasteiger partial charge in [0.15, 0.2) is 0 Å². The fourth-order valence-corrected chi connectivity index (χ4v) is 3.26. The van der Waals surface area contributed by atoms with Gasteiger partial charge in [0.25, 0.3) is 0 Å². The Balaban J connectivity index is 2.05. The molecule has 0 atom stereocenters. The van der Waals surface area contributed by atoms with Gasteiger partial charge in [-0.2, -0.15) is 5.26 Å². The highest BCUT2D eigenvalue weighted by molar-refractivity contribution is 7.99. The van der Waals surface area contributed by atoms with Gasteiger partial charge in [-0.1, -0.05) is 11.8 Å². The van der Waals surface area contributed by atoms with E-state index < -0.39 is 11.6 Å². The molecule has 2 N–H and O–H groups in total. The molecule has 0 amide bonds. The summed E-state index contributed by atoms with van der Waals surface area (Å²) in [6, 6.07) is 5.93. The van der Waals surface area contributed by atoms with E-state index in [-0.39, 0.29) is 10.6 Å². The Morgan fingerprint density at radius 2 is 1.90 bits per heavy atom. The second kappa shape index (κ2) is 5.34. The van der Waals surface area contributed by atoms with Gasteiger partial charge in [-0.15, -0.1) is 0 Å². The van der Waals surface area contributed by atoms with Crippen LogP contribution in [0.4, 0.5) is 14.5 Å². The van der Waals surface area contributed by atoms with Crippen molar-refractivity contribution in [2.24, 2.45) is 0 Å². The SMILES string of the molecule is N#Cc1cc2c(nc1Sc1c(F)cc(N)cc1F)CCC2. The van der Waals surface area contributed by atoms with Crippen LogP contribution < -0.4 is 5.73 Å². The van der Waals surface area contributed by atoms with Crippen molar-refractivity contribution in [3.63, 3.8) is 0 Å². The summed E-state index contributed by atoms with van der Waals surface area (Å²) in [5.41, 5.74) is 7.72. The van der Waals surface area contributed by atoms with E-state index in [1.165, 1.54) is 0 Å². The monoisotopic (exact) mass is 303 g/mol. The van der Waals surface area contributed by atoms with Crippen molar-refractivity contribution in [2.75, 3.05) is 5.73 Å². The Kier molecular flexibility index (Phi) is 3.52. The van der Waals surface area contributed by atoms with Crippen molar-refractivity contribution >= 4 is 17.4 Å². The van der Waals surface area contributed by atoms with Gasteiger partial charge >= 0.3 is 0 Å². The number of nitrogens with zero attached hydrogens (tertiary/aromatic N) is 2. The molecule has 0 saturated heterocycles. The van der Waals surface area contributed by atoms with E-state index in [4.69, 9.17) is 5.73 Å². The normalized spacial score (nSPS) is 13.0. The summed E-state index contributed by atoms with van der Waals surface area (Å²) >= 11 is 0.828. The van der Waals surface area contributed by atoms with Crippen LogP contribution in [0.15, 0.2) is 28.1 Å². The number of nitrogens with two attached hydrogens (primary N) is 1. The van der Waals surface area contributed by atoms with E-state index in [9.17, 15) is 14.0 Å². The van der Waals surface area contributed by atoms with Gasteiger partial charge in [0, 0.05) is 11.4 Å². The zero-order chi connectivity index (χ0) is 15.0. The molecule has 1 aromatic carbocycles. The Labute approximate surface area is 124 Å². The summed E-state index contributed by atoms with van der Waals surface area (Å²) in [7, 11) is 0. The van der Waals surface area contributed by atoms with E-state index in [0.717, 1.165) is 54.4 Å². The molecule has 1 heterocycles. The van der Waals surface area contributed by atoms with E-state index in [2.05, 4.69) is 4.98 Å². The molecule has 21 heavy (non-hydrogen) atoms. The number of rotatable bonds is 2. The van der Waals surface area contributed by atoms with E-state index >= 15 is 0 Å². The number of halogens is 2. The predicted molar refractivity (Wildman–Crippen MR) is 75.9 cm³/mol. The molecule has 106 valence electrons. The maximum Gasteiger partial charge on any atom is 0.142 e. The highest BCUT2D eigenvalue weighted by Gasteiger charge is 2.20. The lowest BCUT2D eigenvalue weighted by Gasteiger charge is -2.08. The van der Waals surface area contributed by atoms with Crippen LogP contribution in [0.5, 0.6) is 0 Å². The summed E-state index contributed by atoms with van der Waals surface area (Å²) in [5, 5.41) is 9.53. The van der Waals surface area contributed by atoms with Crippen molar-refractivity contribution in [2.45, 2.75) is 29.2 Å². The number of nitriles is 1. The second-order valence-electron chi connectivity index (χ2n) is 4.83. The first-order chi connectivity index (χ1) is 10.1. The molecule has 0 aliphatic heterocycles. The zero-order valence-corrected chi connectivity index (χ0v) is 11.8. The minimum Gasteiger partial charge on any atom is -0.399 e. The van der Waals surface area contributed by atoms with Crippen LogP contribution in [0, 0.1) is 23.0 Å². The number of nitrogen functional groups attached to an aromatic ring is 1. The van der Waals surface area contributed by atoms with Gasteiger partial charge in [0.2, 0.25) is 0 Å². The molecule has 1 aliphatic carbocycles. The molecule has 2 aromatic rings. The van der Waals surface area contributed by atoms with Crippen LogP contribution in [-0.4, -0.2) is 4.98 Å². The first kappa shape index (κ1) is 13.8. The molecule has 1 aromatic heterocycles. The molecule has 1 aliphatic rings. The quantitative estimate of drug-likeness (QED) is 0.863. The van der Waals surface area contributed by atoms with E-state index in [1.54, 1.807) is 6.07 Å². The highest BCUT2D eigenvalue weighted by atomic mass is 32.2. The summed E-state index contributed by atoms with van der Waals surface area (Å²) < 4.78 is 27.7. The van der Waals surface area contributed by atoms with Gasteiger partial charge < -0.3 is 5.73 Å². The maximum absolute atomic E-state index is 13.9. The van der Waals surface area contributed by atoms with Gasteiger partial charge in [0.1, 0.15) is 22.7 Å². The Hall–Kier alpha value is -2.13. The van der Waals surface area contributed by atoms with Crippen molar-refractivity contribution in [3.8, 4) is 6.07 Å². The third kappa shape index (κ3) is 2.57. The summed E-state index contributed by atoms with van der Waals surface area (Å²) in [4.78, 5) is 4.21. The molecule has 0 fully saturated rings. The van der Waals surface area contributed by atoms with Gasteiger partial charge in [-0.05, 0) is 43.0 Å². The number of benzene rings is 1. The average Bonchev–Trinajstić information content (AvgIpc) is 2.88. The number of aryl methyl sites for hydroxylation is 2. The molecule has 3 rings (SSSR count). The smallest absolute Gasteiger partial charge is 0.142 e. The Morgan fingerprint density at radius 1 is 1.19 bits per heavy atom. The number of hydrogen-bond donors (Lipinski definition) is 1. The van der Waals surface area contributed by atoms with Crippen molar-refractivity contribution in [1.82, 2.24) is 4.98 Å². The fraction of sp³-hybridized carbons (Fsp3) is 0.200. The maximum atomic E-state index is 13.9. The Morgan fingerprint density at radius 3 is 2.57 bits per heavy atom. The summed E-state index contributed by atoms with van der Waals surface area (Å²) in [6.07, 6.45) is 2.72. The van der Waals surface area contributed by atoms with Crippen LogP contribution >= 0.6 is 11.8 Å². The summed E-state index contributed by atoms with van der Waals surface area (Å²) in [5.74, 6) is -1.49. The van der Waals surface area contributed by atoms with Gasteiger partial charge in [0.05, 0.1) is 10.5 Å². The minimum absolute atomic E-state index is 0.0248. The second-order valence-corrected chi connectivity index (χ2v) is 5.83. The fourth-order valence-electron chi connectivity index (χ4n) is 2.38. The zero-order valence-electron chi connectivity index (χ0n) is 11.0. The molecule has 0 saturated carbocycles. The molecular formula is C15H11F2N3S. The van der Waals surface area contributed by atoms with Gasteiger partial charge in [-0.3, -0.25) is 0 Å². The van der Waals surface area contributed by atoms with Crippen LogP contribution in [0.25, 0.3) is 0 Å². The number of pyridine rings is 1. The molecule has 0 unspecified atom stereocenters. The average molecular weight is 303 g/mol. The highest BCUT2D eigenvalue weighted by Crippen LogP contribution is 2.35. The lowest BCUT2D eigenvalue weighted by molar-refractivity contribution is 0.541. The van der Waals surface area contributed by atoms with E-state index in [1.807, 2.05) is 6.07 Å². The summed E-state index contributed by atoms with van der Waals surface area (Å²) in [6.45, 7) is 0. The minimum atomic E-state index is -0.747. The van der Waals surface area contributed by atoms with Crippen molar-refractivity contribution in [3.05, 3.63) is 46.7 Å². The van der Waals surface area contributed by atoms with Crippen LogP contribution in [-0.2, 0) is 12.8 Å². The number of aromatic nitrogens is 1. The Bertz CT molecular complexity index is 745. The van der Waals surface area contributed by atoms with Crippen LogP contribution in [0.1, 0.15) is 23.2 Å². The van der Waals surface area contributed by atoms with E-state index in [0.29, 0.717) is 10.6 Å². The van der Waals surface area contributed by atoms with Crippen molar-refractivity contribution < 1.29 is 8.78 Å². The topological polar surface area (TPSA) is 62.7 Å². The predicted octanol–water partition coefficient (Wildman–Crippen LogP) is 3.45. The molecule has 6 heteroatoms. The molecule has 0 radical (unpaired) electrons. The molecular weight excluding hydrogens is 292 g/mol. The molecule has 0 spiro atoms. The van der Waals surface area contributed by atoms with Crippen molar-refractivity contribution in [1.29, 1.82) is 5.26 Å². The van der Waals surface area contributed by atoms with Crippen LogP contribution in [0.2, 0.25) is 0 Å². The number of anilines is 1. The first-order valence-electron chi connectivity index (χ1n) is 6.43. The molecule has 0 bridgehead atoms. The third-order valence-electron chi connectivity index (χ3n) is 3.36. The number of hydrogen-bond acceptors (Lipinski definition) is 4.